The highest BCUT2D eigenvalue weighted by Crippen LogP contribution is 2.28. The number of amides is 2. The Kier molecular flexibility index (Phi) is 14.6. The van der Waals surface area contributed by atoms with Crippen molar-refractivity contribution in [3.05, 3.63) is 63.4 Å². The third kappa shape index (κ3) is 10.4. The molecule has 1 aliphatic heterocycles. The molecule has 2 aromatic rings. The second kappa shape index (κ2) is 16.8. The van der Waals surface area contributed by atoms with Crippen molar-refractivity contribution in [1.82, 2.24) is 0 Å². The first-order valence-corrected chi connectivity index (χ1v) is 12.9. The number of primary amides is 2. The molecule has 4 N–H and O–H groups in total. The third-order valence-electron chi connectivity index (χ3n) is 6.45. The summed E-state index contributed by atoms with van der Waals surface area (Å²) in [5, 5.41) is 0.899. The van der Waals surface area contributed by atoms with Crippen LogP contribution >= 0.6 is 23.2 Å². The van der Waals surface area contributed by atoms with Crippen molar-refractivity contribution in [1.29, 1.82) is 0 Å². The number of anilines is 1. The molecule has 1 heterocycles. The van der Waals surface area contributed by atoms with Crippen LogP contribution < -0.4 is 16.4 Å². The summed E-state index contributed by atoms with van der Waals surface area (Å²) >= 11 is 11.4. The molecule has 2 amide bonds. The summed E-state index contributed by atoms with van der Waals surface area (Å²) in [7, 11) is 0. The van der Waals surface area contributed by atoms with E-state index < -0.39 is 5.82 Å². The first kappa shape index (κ1) is 33.1. The van der Waals surface area contributed by atoms with Crippen molar-refractivity contribution in [2.75, 3.05) is 18.0 Å². The molecule has 0 radical (unpaired) electrons. The Morgan fingerprint density at radius 1 is 0.789 bits per heavy atom. The zero-order chi connectivity index (χ0) is 27.4. The monoisotopic (exact) mass is 567 g/mol. The van der Waals surface area contributed by atoms with Crippen molar-refractivity contribution in [3.63, 3.8) is 0 Å². The van der Waals surface area contributed by atoms with Gasteiger partial charge in [-0.2, -0.15) is 0 Å². The van der Waals surface area contributed by atoms with Gasteiger partial charge in [-0.05, 0) is 62.1 Å². The largest absolute Gasteiger partial charge is 0.371 e. The Morgan fingerprint density at radius 2 is 1.26 bits per heavy atom. The number of nitrogens with zero attached hydrogens (tertiary/aromatic N) is 1. The average molecular weight is 569 g/mol. The van der Waals surface area contributed by atoms with E-state index in [2.05, 4.69) is 4.90 Å². The molecule has 4 rings (SSSR count). The lowest BCUT2D eigenvalue weighted by Crippen LogP contribution is -2.38. The van der Waals surface area contributed by atoms with E-state index in [9.17, 15) is 23.6 Å². The molecule has 38 heavy (non-hydrogen) atoms. The Balaban J connectivity index is 0.000000307. The summed E-state index contributed by atoms with van der Waals surface area (Å²) in [6, 6.07) is 9.11. The van der Waals surface area contributed by atoms with Crippen molar-refractivity contribution in [3.8, 4) is 0 Å². The smallest absolute Gasteiger partial charge is 0.220 e. The highest BCUT2D eigenvalue weighted by Gasteiger charge is 2.24. The van der Waals surface area contributed by atoms with Gasteiger partial charge in [0.05, 0.1) is 5.56 Å². The van der Waals surface area contributed by atoms with Gasteiger partial charge in [0, 0.05) is 46.2 Å². The van der Waals surface area contributed by atoms with Gasteiger partial charge in [-0.3, -0.25) is 19.2 Å². The minimum absolute atomic E-state index is 0. The SMILES string of the molecule is C.NC(=O)C1CCCCC1.NC(=O)C1CCN(c2cc(Cl)ccc2C=O)CC1.O=Cc1ccc(Cl)cc1F. The van der Waals surface area contributed by atoms with E-state index >= 15 is 0 Å². The van der Waals surface area contributed by atoms with Crippen LogP contribution in [0.25, 0.3) is 0 Å². The Hall–Kier alpha value is -2.97. The second-order valence-corrected chi connectivity index (χ2v) is 9.88. The maximum Gasteiger partial charge on any atom is 0.220 e. The molecule has 208 valence electrons. The van der Waals surface area contributed by atoms with Crippen LogP contribution in [0.1, 0.15) is 73.1 Å². The predicted octanol–water partition coefficient (Wildman–Crippen LogP) is 5.83. The lowest BCUT2D eigenvalue weighted by molar-refractivity contribution is -0.123. The molecule has 2 fully saturated rings. The molecule has 0 bridgehead atoms. The molecule has 1 saturated heterocycles. The van der Waals surface area contributed by atoms with Crippen LogP contribution in [0.5, 0.6) is 0 Å². The summed E-state index contributed by atoms with van der Waals surface area (Å²) in [4.78, 5) is 44.8. The molecule has 0 unspecified atom stereocenters. The van der Waals surface area contributed by atoms with Gasteiger partial charge in [0.2, 0.25) is 11.8 Å². The number of benzene rings is 2. The van der Waals surface area contributed by atoms with Crippen LogP contribution in [-0.2, 0) is 9.59 Å². The quantitative estimate of drug-likeness (QED) is 0.439. The van der Waals surface area contributed by atoms with Gasteiger partial charge < -0.3 is 16.4 Å². The molecule has 0 atom stereocenters. The van der Waals surface area contributed by atoms with E-state index in [1.165, 1.54) is 31.4 Å². The number of hydrogen-bond donors (Lipinski definition) is 2. The number of aldehydes is 2. The third-order valence-corrected chi connectivity index (χ3v) is 6.92. The molecule has 10 heteroatoms. The normalized spacial score (nSPS) is 15.5. The highest BCUT2D eigenvalue weighted by atomic mass is 35.5. The van der Waals surface area contributed by atoms with Crippen LogP contribution in [0.3, 0.4) is 0 Å². The second-order valence-electron chi connectivity index (χ2n) is 9.01. The predicted molar refractivity (Wildman–Crippen MR) is 150 cm³/mol. The maximum absolute atomic E-state index is 12.5. The molecular weight excluding hydrogens is 532 g/mol. The summed E-state index contributed by atoms with van der Waals surface area (Å²) in [6.07, 6.45) is 8.42. The van der Waals surface area contributed by atoms with E-state index in [1.54, 1.807) is 18.2 Å². The summed E-state index contributed by atoms with van der Waals surface area (Å²) < 4.78 is 12.5. The molecule has 2 aromatic carbocycles. The lowest BCUT2D eigenvalue weighted by Gasteiger charge is -2.33. The topological polar surface area (TPSA) is 124 Å². The molecule has 0 spiro atoms. The summed E-state index contributed by atoms with van der Waals surface area (Å²) in [5.74, 6) is -0.785. The van der Waals surface area contributed by atoms with Gasteiger partial charge >= 0.3 is 0 Å². The fourth-order valence-electron chi connectivity index (χ4n) is 4.28. The van der Waals surface area contributed by atoms with Gasteiger partial charge in [-0.1, -0.05) is 49.9 Å². The number of nitrogens with two attached hydrogens (primary N) is 2. The lowest BCUT2D eigenvalue weighted by atomic mass is 9.89. The zero-order valence-electron chi connectivity index (χ0n) is 20.5. The van der Waals surface area contributed by atoms with Gasteiger partial charge in [-0.25, -0.2) is 4.39 Å². The summed E-state index contributed by atoms with van der Waals surface area (Å²) in [6.45, 7) is 1.43. The minimum atomic E-state index is -0.581. The number of piperidine rings is 1. The Morgan fingerprint density at radius 3 is 1.71 bits per heavy atom. The summed E-state index contributed by atoms with van der Waals surface area (Å²) in [5.41, 5.74) is 11.9. The molecule has 7 nitrogen and oxygen atoms in total. The molecular formula is C28H36Cl2FN3O4. The Bertz CT molecular complexity index is 1090. The van der Waals surface area contributed by atoms with E-state index in [-0.39, 0.29) is 36.6 Å². The molecule has 1 saturated carbocycles. The minimum Gasteiger partial charge on any atom is -0.371 e. The standard InChI is InChI=1S/C13H15ClN2O2.C7H4ClFO.C7H13NO.CH4/c14-11-2-1-10(8-17)12(7-11)16-5-3-9(4-6-16)13(15)18;8-6-2-1-5(4-10)7(9)3-6;8-7(9)6-4-2-1-3-5-6;/h1-2,7-9H,3-6H2,(H2,15,18);1-4H;6H,1-5H2,(H2,8,9);1H4. The Labute approximate surface area is 233 Å². The number of carbonyl (C=O) groups excluding carboxylic acids is 4. The van der Waals surface area contributed by atoms with Crippen molar-refractivity contribution < 1.29 is 23.6 Å². The average Bonchev–Trinajstić information content (AvgIpc) is 2.90. The fourth-order valence-corrected chi connectivity index (χ4v) is 4.60. The van der Waals surface area contributed by atoms with Crippen molar-refractivity contribution in [2.45, 2.75) is 52.4 Å². The van der Waals surface area contributed by atoms with Crippen LogP contribution in [0, 0.1) is 17.7 Å². The first-order chi connectivity index (χ1) is 17.7. The fraction of sp³-hybridized carbons (Fsp3) is 0.429. The number of carbonyl (C=O) groups is 4. The van der Waals surface area contributed by atoms with Gasteiger partial charge in [0.15, 0.2) is 12.6 Å². The van der Waals surface area contributed by atoms with Crippen LogP contribution in [0.4, 0.5) is 10.1 Å². The van der Waals surface area contributed by atoms with E-state index in [1.807, 2.05) is 0 Å². The van der Waals surface area contributed by atoms with Crippen LogP contribution in [0.15, 0.2) is 36.4 Å². The van der Waals surface area contributed by atoms with E-state index in [0.717, 1.165) is 56.8 Å². The van der Waals surface area contributed by atoms with Crippen molar-refractivity contribution in [2.24, 2.45) is 23.3 Å². The van der Waals surface area contributed by atoms with E-state index in [0.29, 0.717) is 21.9 Å². The number of rotatable bonds is 5. The molecule has 1 aliphatic carbocycles. The van der Waals surface area contributed by atoms with Crippen molar-refractivity contribution >= 4 is 53.3 Å². The van der Waals surface area contributed by atoms with Crippen LogP contribution in [0.2, 0.25) is 10.0 Å². The maximum atomic E-state index is 12.5. The first-order valence-electron chi connectivity index (χ1n) is 12.1. The number of hydrogen-bond acceptors (Lipinski definition) is 5. The van der Waals surface area contributed by atoms with Gasteiger partial charge in [0.1, 0.15) is 5.82 Å². The van der Waals surface area contributed by atoms with Gasteiger partial charge in [0.25, 0.3) is 0 Å². The van der Waals surface area contributed by atoms with Gasteiger partial charge in [-0.15, -0.1) is 0 Å². The molecule has 2 aliphatic rings. The number of halogens is 3. The zero-order valence-corrected chi connectivity index (χ0v) is 22.0. The highest BCUT2D eigenvalue weighted by molar-refractivity contribution is 6.31. The van der Waals surface area contributed by atoms with E-state index in [4.69, 9.17) is 34.7 Å². The van der Waals surface area contributed by atoms with Crippen LogP contribution in [-0.4, -0.2) is 37.5 Å². The molecule has 0 aromatic heterocycles.